The first-order valence-electron chi connectivity index (χ1n) is 24.2. The molecule has 0 bridgehead atoms. The van der Waals surface area contributed by atoms with Crippen LogP contribution in [-0.2, 0) is 44.0 Å². The van der Waals surface area contributed by atoms with Gasteiger partial charge in [-0.3, -0.25) is 4.18 Å². The predicted octanol–water partition coefficient (Wildman–Crippen LogP) is -3.90. The van der Waals surface area contributed by atoms with Crippen molar-refractivity contribution in [2.45, 2.75) is 246 Å². The van der Waals surface area contributed by atoms with Crippen LogP contribution >= 0.6 is 0 Å². The normalized spacial score (nSPS) is 44.6. The summed E-state index contributed by atoms with van der Waals surface area (Å²) in [6.07, 6.45) is -21.3. The first kappa shape index (κ1) is 59.7. The van der Waals surface area contributed by atoms with E-state index in [2.05, 4.69) is 6.58 Å². The van der Waals surface area contributed by atoms with E-state index >= 15 is 0 Å². The summed E-state index contributed by atoms with van der Waals surface area (Å²) < 4.78 is 67.7. The van der Waals surface area contributed by atoms with Crippen LogP contribution in [0.25, 0.3) is 0 Å². The van der Waals surface area contributed by atoms with Gasteiger partial charge in [0.2, 0.25) is 0 Å². The molecule has 0 aliphatic carbocycles. The number of fused-ring (bicyclic) bond motifs is 5. The first-order chi connectivity index (χ1) is 31.7. The van der Waals surface area contributed by atoms with E-state index in [9.17, 15) is 64.9 Å². The number of ether oxygens (including phenoxy) is 6. The van der Waals surface area contributed by atoms with E-state index in [1.807, 2.05) is 6.92 Å². The molecule has 20 nitrogen and oxygen atoms in total. The summed E-state index contributed by atoms with van der Waals surface area (Å²) in [6, 6.07) is 0. The topological polar surface area (TPSA) is 327 Å². The Morgan fingerprint density at radius 1 is 0.812 bits per heavy atom. The second-order valence-electron chi connectivity index (χ2n) is 21.4. The summed E-state index contributed by atoms with van der Waals surface area (Å²) in [5.41, 5.74) is -2.50. The van der Waals surface area contributed by atoms with Gasteiger partial charge in [0.05, 0.1) is 102 Å². The molecule has 6 rings (SSSR count). The minimum absolute atomic E-state index is 0. The Morgan fingerprint density at radius 2 is 1.45 bits per heavy atom. The van der Waals surface area contributed by atoms with Crippen LogP contribution in [0.15, 0.2) is 23.8 Å². The maximum atomic E-state index is 11.9. The van der Waals surface area contributed by atoms with E-state index in [1.165, 1.54) is 6.08 Å². The van der Waals surface area contributed by atoms with Crippen LogP contribution in [0.1, 0.15) is 107 Å². The monoisotopic (exact) mass is 1020 g/mol. The molecule has 394 valence electrons. The summed E-state index contributed by atoms with van der Waals surface area (Å²) in [5, 5.41) is 122. The molecule has 0 saturated carbocycles. The van der Waals surface area contributed by atoms with Crippen molar-refractivity contribution in [1.82, 2.24) is 0 Å². The molecule has 0 spiro atoms. The van der Waals surface area contributed by atoms with Gasteiger partial charge < -0.3 is 89.1 Å². The minimum atomic E-state index is -3.01. The van der Waals surface area contributed by atoms with Gasteiger partial charge in [-0.15, -0.1) is 0 Å². The number of hydrogen-bond acceptors (Lipinski definition) is 20. The third kappa shape index (κ3) is 12.4. The fourth-order valence-electron chi connectivity index (χ4n) is 12.1. The first-order valence-corrected chi connectivity index (χ1v) is 25.2. The molecular formula is C47H79NaO20S. The Balaban J connectivity index is 0.00000888. The van der Waals surface area contributed by atoms with E-state index in [-0.39, 0.29) is 87.5 Å². The van der Waals surface area contributed by atoms with Gasteiger partial charge in [0.1, 0.15) is 54.9 Å². The summed E-state index contributed by atoms with van der Waals surface area (Å²) in [5.74, 6) is -2.11. The zero-order valence-electron chi connectivity index (χ0n) is 41.4. The van der Waals surface area contributed by atoms with E-state index in [1.54, 1.807) is 48.5 Å². The number of hydrogen-bond donors (Lipinski definition) is 11. The van der Waals surface area contributed by atoms with Crippen LogP contribution in [0.3, 0.4) is 0 Å². The van der Waals surface area contributed by atoms with Crippen molar-refractivity contribution in [3.8, 4) is 0 Å². The average Bonchev–Trinajstić information content (AvgIpc) is 3.37. The van der Waals surface area contributed by atoms with Gasteiger partial charge in [0, 0.05) is 31.6 Å². The zero-order chi connectivity index (χ0) is 50.5. The van der Waals surface area contributed by atoms with Crippen LogP contribution in [0, 0.1) is 17.8 Å². The summed E-state index contributed by atoms with van der Waals surface area (Å²) in [4.78, 5) is 0. The maximum Gasteiger partial charge on any atom is 1.00 e. The standard InChI is InChI=1S/C47H80O20S.Na/c1-10-25(49)35(55)40-27(51)16-30-42(64-40)38(58)44-47(9,65-30)19-46(8)32(62-44)17-31-45(7,67-46)18-28(52)41-43(61-31)37(57)36(56)39(63-41)24(6)33(53)21(3)11-12-29(66-68(59)60)34(54)22(4)15-26(50)23(5)20(2)13-14-48;/h13,21-22,24-44,48-58H,5,10-12,14-19H2,1-4,6-9H3,(H,59,60);/q;+1/p-1/b20-13+;/t21-,22-,24-,25+,26-,27-,28-,29+,30-,31-,32+,33-,34-,35-,36-,37+,38+,39+,40+,41-,42-,43+,44-,45+,46-,47+;/m1./s1. The zero-order valence-corrected chi connectivity index (χ0v) is 44.2. The third-order valence-electron chi connectivity index (χ3n) is 16.2. The molecule has 22 heteroatoms. The number of aliphatic hydroxyl groups is 11. The molecule has 0 aromatic rings. The molecule has 6 saturated heterocycles. The summed E-state index contributed by atoms with van der Waals surface area (Å²) >= 11 is -3.01. The molecule has 69 heavy (non-hydrogen) atoms. The molecule has 6 heterocycles. The van der Waals surface area contributed by atoms with Crippen LogP contribution < -0.4 is 29.6 Å². The van der Waals surface area contributed by atoms with Crippen molar-refractivity contribution < 1.29 is 127 Å². The van der Waals surface area contributed by atoms with E-state index in [0.717, 1.165) is 0 Å². The molecule has 0 aromatic heterocycles. The van der Waals surface area contributed by atoms with E-state index in [4.69, 9.17) is 32.6 Å². The average molecular weight is 1020 g/mol. The van der Waals surface area contributed by atoms with Gasteiger partial charge in [-0.05, 0) is 76.4 Å². The van der Waals surface area contributed by atoms with E-state index < -0.39 is 168 Å². The minimum Gasteiger partial charge on any atom is -0.750 e. The SMILES string of the molecule is C=C(/C(C)=C/CO)[C@H](O)C[C@@H](C)[C@@H](O)[C@H](CC[C@@H](C)[C@@H](O)[C@@H](C)[C@@H]1O[C@H]2[C@@H](O[C@@H]3C[C@@H]4O[C@@H]5[C@@H](O)[C@@H]6O[C@H]([C@H](O)[C@@H](O)CC)[C@H](O)C[C@H]6O[C@@]5(C)C[C@@]4(C)O[C@@]3(C)C[C@H]2O)[C@@H](O)[C@H]1O)OS(=O)[O-].[Na+]. The van der Waals surface area contributed by atoms with Crippen molar-refractivity contribution in [3.63, 3.8) is 0 Å². The molecule has 1 unspecified atom stereocenters. The van der Waals surface area contributed by atoms with Gasteiger partial charge in [-0.25, -0.2) is 4.21 Å². The molecule has 27 atom stereocenters. The quantitative estimate of drug-likeness (QED) is 0.0355. The fraction of sp³-hybridized carbons (Fsp3) is 0.915. The smallest absolute Gasteiger partial charge is 0.750 e. The van der Waals surface area contributed by atoms with Crippen molar-refractivity contribution >= 4 is 11.4 Å². The predicted molar refractivity (Wildman–Crippen MR) is 240 cm³/mol. The molecule has 0 aromatic carbocycles. The van der Waals surface area contributed by atoms with Gasteiger partial charge in [0.25, 0.3) is 0 Å². The Morgan fingerprint density at radius 3 is 2.07 bits per heavy atom. The van der Waals surface area contributed by atoms with Crippen LogP contribution in [0.4, 0.5) is 0 Å². The van der Waals surface area contributed by atoms with Gasteiger partial charge in [0.15, 0.2) is 0 Å². The Kier molecular flexibility index (Phi) is 20.6. The molecule has 6 aliphatic rings. The summed E-state index contributed by atoms with van der Waals surface area (Å²) in [7, 11) is 0. The van der Waals surface area contributed by atoms with Crippen molar-refractivity contribution in [2.24, 2.45) is 17.8 Å². The second kappa shape index (κ2) is 23.8. The van der Waals surface area contributed by atoms with E-state index in [0.29, 0.717) is 11.1 Å². The molecule has 0 amide bonds. The fourth-order valence-corrected chi connectivity index (χ4v) is 12.5. The number of aliphatic hydroxyl groups excluding tert-OH is 11. The van der Waals surface area contributed by atoms with Crippen molar-refractivity contribution in [3.05, 3.63) is 23.8 Å². The Bertz CT molecular complexity index is 1770. The Labute approximate surface area is 430 Å². The maximum absolute atomic E-state index is 11.9. The second-order valence-corrected chi connectivity index (χ2v) is 22.0. The largest absolute Gasteiger partial charge is 1.00 e. The molecular weight excluding hydrogens is 940 g/mol. The van der Waals surface area contributed by atoms with Crippen molar-refractivity contribution in [2.75, 3.05) is 6.61 Å². The number of rotatable bonds is 18. The van der Waals surface area contributed by atoms with Gasteiger partial charge in [-0.1, -0.05) is 40.3 Å². The molecule has 6 fully saturated rings. The Hall–Kier alpha value is -0.130. The third-order valence-corrected chi connectivity index (χ3v) is 16.6. The van der Waals surface area contributed by atoms with Crippen LogP contribution in [0.2, 0.25) is 0 Å². The van der Waals surface area contributed by atoms with Gasteiger partial charge in [-0.2, -0.15) is 0 Å². The van der Waals surface area contributed by atoms with Crippen LogP contribution in [-0.4, -0.2) is 210 Å². The molecule has 11 N–H and O–H groups in total. The van der Waals surface area contributed by atoms with Crippen LogP contribution in [0.5, 0.6) is 0 Å². The van der Waals surface area contributed by atoms with Gasteiger partial charge >= 0.3 is 29.6 Å². The van der Waals surface area contributed by atoms with Crippen molar-refractivity contribution in [1.29, 1.82) is 0 Å². The molecule has 6 aliphatic heterocycles. The summed E-state index contributed by atoms with van der Waals surface area (Å²) in [6.45, 7) is 17.3. The molecule has 0 radical (unpaired) electrons.